The van der Waals surface area contributed by atoms with Crippen LogP contribution in [0.15, 0.2) is 23.3 Å². The maximum absolute atomic E-state index is 11.4. The lowest BCUT2D eigenvalue weighted by Gasteiger charge is -2.09. The van der Waals surface area contributed by atoms with Crippen molar-refractivity contribution in [2.24, 2.45) is 10.8 Å². The number of carbonyl (C=O) groups is 2. The summed E-state index contributed by atoms with van der Waals surface area (Å²) in [7, 11) is 1.51. The van der Waals surface area contributed by atoms with Gasteiger partial charge in [0.15, 0.2) is 0 Å². The number of rotatable bonds is 7. The van der Waals surface area contributed by atoms with Gasteiger partial charge in [0.25, 0.3) is 0 Å². The number of amides is 2. The van der Waals surface area contributed by atoms with Crippen LogP contribution in [-0.2, 0) is 9.53 Å². The molecule has 7 nitrogen and oxygen atoms in total. The number of nitrogens with zero attached hydrogens (tertiary/aromatic N) is 1. The molecule has 0 bridgehead atoms. The molecule has 0 aliphatic rings. The SMILES string of the molecule is CCOC(=O)CCC(=NNC(N)=O)c1ccc(OC)c(Cl)c1. The summed E-state index contributed by atoms with van der Waals surface area (Å²) in [5, 5.41) is 4.30. The highest BCUT2D eigenvalue weighted by Gasteiger charge is 2.11. The molecule has 8 heteroatoms. The van der Waals surface area contributed by atoms with Crippen LogP contribution < -0.4 is 15.9 Å². The van der Waals surface area contributed by atoms with E-state index in [2.05, 4.69) is 10.5 Å². The van der Waals surface area contributed by atoms with Gasteiger partial charge in [-0.15, -0.1) is 0 Å². The number of nitrogens with one attached hydrogen (secondary N) is 1. The third-order valence-corrected chi connectivity index (χ3v) is 2.95. The summed E-state index contributed by atoms with van der Waals surface area (Å²) in [6.45, 7) is 2.03. The van der Waals surface area contributed by atoms with Crippen LogP contribution >= 0.6 is 11.6 Å². The number of carbonyl (C=O) groups excluding carboxylic acids is 2. The normalized spacial score (nSPS) is 11.0. The molecule has 0 fully saturated rings. The lowest BCUT2D eigenvalue weighted by Crippen LogP contribution is -2.26. The van der Waals surface area contributed by atoms with Crippen molar-refractivity contribution < 1.29 is 19.1 Å². The Labute approximate surface area is 133 Å². The molecule has 0 atom stereocenters. The minimum Gasteiger partial charge on any atom is -0.495 e. The molecule has 22 heavy (non-hydrogen) atoms. The smallest absolute Gasteiger partial charge is 0.332 e. The van der Waals surface area contributed by atoms with Crippen LogP contribution in [0.4, 0.5) is 4.79 Å². The molecule has 0 aromatic heterocycles. The second kappa shape index (κ2) is 8.89. The van der Waals surface area contributed by atoms with E-state index in [-0.39, 0.29) is 18.8 Å². The van der Waals surface area contributed by atoms with Gasteiger partial charge in [-0.1, -0.05) is 11.6 Å². The number of halogens is 1. The summed E-state index contributed by atoms with van der Waals surface area (Å²) >= 11 is 6.07. The first-order chi connectivity index (χ1) is 10.5. The Morgan fingerprint density at radius 1 is 1.36 bits per heavy atom. The second-order valence-corrected chi connectivity index (χ2v) is 4.60. The Morgan fingerprint density at radius 3 is 2.64 bits per heavy atom. The Balaban J connectivity index is 2.94. The fourth-order valence-corrected chi connectivity index (χ4v) is 1.94. The Kier molecular flexibility index (Phi) is 7.18. The predicted octanol–water partition coefficient (Wildman–Crippen LogP) is 2.06. The van der Waals surface area contributed by atoms with Crippen molar-refractivity contribution in [3.8, 4) is 5.75 Å². The van der Waals surface area contributed by atoms with Gasteiger partial charge in [0, 0.05) is 6.42 Å². The monoisotopic (exact) mass is 327 g/mol. The first-order valence-electron chi connectivity index (χ1n) is 6.59. The number of hydrazone groups is 1. The molecule has 2 amide bonds. The van der Waals surface area contributed by atoms with E-state index in [1.165, 1.54) is 7.11 Å². The van der Waals surface area contributed by atoms with E-state index in [1.54, 1.807) is 25.1 Å². The lowest BCUT2D eigenvalue weighted by atomic mass is 10.1. The van der Waals surface area contributed by atoms with Gasteiger partial charge in [-0.05, 0) is 30.7 Å². The average molecular weight is 328 g/mol. The van der Waals surface area contributed by atoms with Crippen LogP contribution in [0.3, 0.4) is 0 Å². The summed E-state index contributed by atoms with van der Waals surface area (Å²) in [5.74, 6) is 0.159. The van der Waals surface area contributed by atoms with Gasteiger partial charge in [0.05, 0.1) is 30.9 Å². The number of hydrogen-bond donors (Lipinski definition) is 2. The highest BCUT2D eigenvalue weighted by Crippen LogP contribution is 2.25. The summed E-state index contributed by atoms with van der Waals surface area (Å²) in [4.78, 5) is 22.3. The molecule has 0 heterocycles. The number of ether oxygens (including phenoxy) is 2. The van der Waals surface area contributed by atoms with Gasteiger partial charge < -0.3 is 15.2 Å². The molecule has 0 aliphatic carbocycles. The summed E-state index contributed by atoms with van der Waals surface area (Å²) < 4.78 is 9.93. The third-order valence-electron chi connectivity index (χ3n) is 2.66. The van der Waals surface area contributed by atoms with E-state index in [0.29, 0.717) is 28.7 Å². The first kappa shape index (κ1) is 17.8. The minimum atomic E-state index is -0.798. The number of urea groups is 1. The first-order valence-corrected chi connectivity index (χ1v) is 6.97. The third kappa shape index (κ3) is 5.61. The molecular formula is C14H18ClN3O4. The Hall–Kier alpha value is -2.28. The summed E-state index contributed by atoms with van der Waals surface area (Å²) in [6, 6.07) is 4.22. The van der Waals surface area contributed by atoms with Crippen LogP contribution in [0.25, 0.3) is 0 Å². The number of nitrogens with two attached hydrogens (primary N) is 1. The lowest BCUT2D eigenvalue weighted by molar-refractivity contribution is -0.142. The highest BCUT2D eigenvalue weighted by atomic mass is 35.5. The number of methoxy groups -OCH3 is 1. The second-order valence-electron chi connectivity index (χ2n) is 4.19. The van der Waals surface area contributed by atoms with E-state index in [1.807, 2.05) is 0 Å². The zero-order chi connectivity index (χ0) is 16.5. The van der Waals surface area contributed by atoms with Crippen molar-refractivity contribution >= 4 is 29.3 Å². The van der Waals surface area contributed by atoms with Gasteiger partial charge in [-0.25, -0.2) is 10.2 Å². The fourth-order valence-electron chi connectivity index (χ4n) is 1.69. The number of benzene rings is 1. The maximum atomic E-state index is 11.4. The van der Waals surface area contributed by atoms with E-state index < -0.39 is 6.03 Å². The van der Waals surface area contributed by atoms with Crippen LogP contribution in [0.1, 0.15) is 25.3 Å². The largest absolute Gasteiger partial charge is 0.495 e. The summed E-state index contributed by atoms with van der Waals surface area (Å²) in [5.41, 5.74) is 8.25. The van der Waals surface area contributed by atoms with Crippen LogP contribution in [0.5, 0.6) is 5.75 Å². The molecule has 0 radical (unpaired) electrons. The number of esters is 1. The van der Waals surface area contributed by atoms with Crippen molar-refractivity contribution in [3.05, 3.63) is 28.8 Å². The standard InChI is InChI=1S/C14H18ClN3O4/c1-3-22-13(19)7-5-11(17-18-14(16)20)9-4-6-12(21-2)10(15)8-9/h4,6,8H,3,5,7H2,1-2H3,(H3,16,18,20). The van der Waals surface area contributed by atoms with Crippen LogP contribution in [0.2, 0.25) is 5.02 Å². The van der Waals surface area contributed by atoms with E-state index in [4.69, 9.17) is 26.8 Å². The minimum absolute atomic E-state index is 0.122. The highest BCUT2D eigenvalue weighted by molar-refractivity contribution is 6.32. The predicted molar refractivity (Wildman–Crippen MR) is 83.1 cm³/mol. The molecule has 1 aromatic carbocycles. The quantitative estimate of drug-likeness (QED) is 0.454. The number of primary amides is 1. The maximum Gasteiger partial charge on any atom is 0.332 e. The van der Waals surface area contributed by atoms with E-state index in [9.17, 15) is 9.59 Å². The molecule has 0 saturated heterocycles. The zero-order valence-electron chi connectivity index (χ0n) is 12.4. The Morgan fingerprint density at radius 2 is 2.09 bits per heavy atom. The topological polar surface area (TPSA) is 103 Å². The molecular weight excluding hydrogens is 310 g/mol. The summed E-state index contributed by atoms with van der Waals surface area (Å²) in [6.07, 6.45) is 0.387. The molecule has 0 saturated carbocycles. The molecule has 1 rings (SSSR count). The average Bonchev–Trinajstić information content (AvgIpc) is 2.47. The van der Waals surface area contributed by atoms with Gasteiger partial charge in [0.1, 0.15) is 5.75 Å². The number of hydrogen-bond acceptors (Lipinski definition) is 5. The van der Waals surface area contributed by atoms with Crippen molar-refractivity contribution in [2.75, 3.05) is 13.7 Å². The van der Waals surface area contributed by atoms with Gasteiger partial charge in [-0.3, -0.25) is 4.79 Å². The molecule has 3 N–H and O–H groups in total. The van der Waals surface area contributed by atoms with Crippen molar-refractivity contribution in [2.45, 2.75) is 19.8 Å². The van der Waals surface area contributed by atoms with Gasteiger partial charge in [0.2, 0.25) is 0 Å². The van der Waals surface area contributed by atoms with Crippen LogP contribution in [0, 0.1) is 0 Å². The molecule has 0 spiro atoms. The van der Waals surface area contributed by atoms with Crippen molar-refractivity contribution in [1.29, 1.82) is 0 Å². The van der Waals surface area contributed by atoms with Crippen LogP contribution in [-0.4, -0.2) is 31.4 Å². The molecule has 0 unspecified atom stereocenters. The molecule has 0 aliphatic heterocycles. The van der Waals surface area contributed by atoms with Gasteiger partial charge in [-0.2, -0.15) is 5.10 Å². The van der Waals surface area contributed by atoms with Gasteiger partial charge >= 0.3 is 12.0 Å². The van der Waals surface area contributed by atoms with Crippen molar-refractivity contribution in [1.82, 2.24) is 5.43 Å². The van der Waals surface area contributed by atoms with E-state index in [0.717, 1.165) is 0 Å². The molecule has 120 valence electrons. The fraction of sp³-hybridized carbons (Fsp3) is 0.357. The Bertz CT molecular complexity index is 575. The zero-order valence-corrected chi connectivity index (χ0v) is 13.1. The molecule has 1 aromatic rings. The van der Waals surface area contributed by atoms with E-state index >= 15 is 0 Å². The van der Waals surface area contributed by atoms with Crippen molar-refractivity contribution in [3.63, 3.8) is 0 Å².